The number of carbonyl (C=O) groups excluding carboxylic acids is 2. The molecule has 2 aliphatic heterocycles. The summed E-state index contributed by atoms with van der Waals surface area (Å²) in [6.45, 7) is 9.39. The molecule has 2 saturated heterocycles. The number of aryl methyl sites for hydroxylation is 2. The van der Waals surface area contributed by atoms with Crippen LogP contribution in [0.5, 0.6) is 0 Å². The molecule has 4 atom stereocenters. The number of aromatic nitrogens is 4. The summed E-state index contributed by atoms with van der Waals surface area (Å²) in [5, 5.41) is 31.4. The molecule has 0 bridgehead atoms. The highest BCUT2D eigenvalue weighted by atomic mass is 32.1. The molecule has 2 fully saturated rings. The minimum Gasteiger partial charge on any atom is -0.481 e. The summed E-state index contributed by atoms with van der Waals surface area (Å²) >= 11 is 1.57. The number of benzene rings is 1. The van der Waals surface area contributed by atoms with Crippen LogP contribution in [0.2, 0.25) is 0 Å². The third-order valence-electron chi connectivity index (χ3n) is 8.67. The molecule has 3 aromatic rings. The summed E-state index contributed by atoms with van der Waals surface area (Å²) in [6, 6.07) is 6.13. The molecule has 0 spiro atoms. The van der Waals surface area contributed by atoms with Gasteiger partial charge in [0.2, 0.25) is 11.8 Å². The number of hydrogen-bond donors (Lipinski definition) is 3. The van der Waals surface area contributed by atoms with E-state index in [4.69, 9.17) is 0 Å². The SMILES string of the molecule is Cc1cn([C@H](C(=O)N2C[C@H](O)C[C@H]2C(=O)N[C@@H](CN2CCC(C(=O)O)CC2)c2ccc(-c3scnc3C)cc2)C(C)C)nn1. The van der Waals surface area contributed by atoms with Crippen molar-refractivity contribution in [3.05, 3.63) is 52.9 Å². The highest BCUT2D eigenvalue weighted by molar-refractivity contribution is 7.13. The lowest BCUT2D eigenvalue weighted by atomic mass is 9.96. The van der Waals surface area contributed by atoms with Crippen LogP contribution in [0.4, 0.5) is 0 Å². The molecule has 44 heavy (non-hydrogen) atoms. The third kappa shape index (κ3) is 7.00. The van der Waals surface area contributed by atoms with Gasteiger partial charge in [0.25, 0.3) is 0 Å². The molecule has 4 heterocycles. The summed E-state index contributed by atoms with van der Waals surface area (Å²) in [4.78, 5) is 48.4. The van der Waals surface area contributed by atoms with E-state index < -0.39 is 30.2 Å². The largest absolute Gasteiger partial charge is 0.481 e. The fourth-order valence-electron chi connectivity index (χ4n) is 6.25. The highest BCUT2D eigenvalue weighted by Gasteiger charge is 2.43. The zero-order valence-electron chi connectivity index (χ0n) is 25.6. The molecule has 236 valence electrons. The van der Waals surface area contributed by atoms with Gasteiger partial charge < -0.3 is 25.3 Å². The molecule has 0 radical (unpaired) electrons. The monoisotopic (exact) mass is 623 g/mol. The smallest absolute Gasteiger partial charge is 0.306 e. The second-order valence-corrected chi connectivity index (χ2v) is 13.1. The van der Waals surface area contributed by atoms with E-state index in [2.05, 4.69) is 25.5 Å². The summed E-state index contributed by atoms with van der Waals surface area (Å²) in [5.74, 6) is -1.86. The zero-order valence-corrected chi connectivity index (χ0v) is 26.4. The van der Waals surface area contributed by atoms with Gasteiger partial charge in [0, 0.05) is 25.7 Å². The number of aliphatic hydroxyl groups excluding tert-OH is 1. The van der Waals surface area contributed by atoms with E-state index in [1.54, 1.807) is 24.5 Å². The zero-order chi connectivity index (χ0) is 31.5. The summed E-state index contributed by atoms with van der Waals surface area (Å²) in [5.41, 5.74) is 5.41. The van der Waals surface area contributed by atoms with Gasteiger partial charge in [-0.3, -0.25) is 14.4 Å². The van der Waals surface area contributed by atoms with E-state index in [0.29, 0.717) is 38.2 Å². The number of likely N-dealkylation sites (tertiary alicyclic amines) is 2. The maximum atomic E-state index is 14.0. The molecular formula is C31H41N7O5S. The number of nitrogens with zero attached hydrogens (tertiary/aromatic N) is 6. The first kappa shape index (κ1) is 31.7. The lowest BCUT2D eigenvalue weighted by Gasteiger charge is -2.34. The van der Waals surface area contributed by atoms with E-state index in [0.717, 1.165) is 21.7 Å². The van der Waals surface area contributed by atoms with Crippen LogP contribution in [0.25, 0.3) is 10.4 Å². The average Bonchev–Trinajstić information content (AvgIpc) is 3.72. The number of aliphatic hydroxyl groups is 1. The number of thiazole rings is 1. The number of carboxylic acid groups (broad SMARTS) is 1. The van der Waals surface area contributed by atoms with Crippen LogP contribution in [0.1, 0.15) is 62.1 Å². The Hall–Kier alpha value is -3.68. The minimum atomic E-state index is -0.845. The van der Waals surface area contributed by atoms with Crippen molar-refractivity contribution in [3.8, 4) is 10.4 Å². The van der Waals surface area contributed by atoms with Gasteiger partial charge in [-0.05, 0) is 56.8 Å². The fraction of sp³-hybridized carbons (Fsp3) is 0.548. The lowest BCUT2D eigenvalue weighted by molar-refractivity contribution is -0.143. The Morgan fingerprint density at radius 3 is 2.39 bits per heavy atom. The molecule has 12 nitrogen and oxygen atoms in total. The van der Waals surface area contributed by atoms with Crippen molar-refractivity contribution >= 4 is 29.1 Å². The molecule has 3 N–H and O–H groups in total. The van der Waals surface area contributed by atoms with Gasteiger partial charge in [0.1, 0.15) is 12.1 Å². The number of piperidine rings is 1. The van der Waals surface area contributed by atoms with Crippen molar-refractivity contribution in [1.82, 2.24) is 35.1 Å². The molecule has 2 aliphatic rings. The fourth-order valence-corrected chi connectivity index (χ4v) is 7.06. The Bertz CT molecular complexity index is 1460. The van der Waals surface area contributed by atoms with E-state index >= 15 is 0 Å². The Balaban J connectivity index is 1.37. The molecule has 1 aromatic carbocycles. The molecule has 5 rings (SSSR count). The number of amides is 2. The Morgan fingerprint density at radius 1 is 1.11 bits per heavy atom. The van der Waals surface area contributed by atoms with E-state index in [1.807, 2.05) is 50.5 Å². The molecule has 0 unspecified atom stereocenters. The van der Waals surface area contributed by atoms with Gasteiger partial charge in [-0.15, -0.1) is 16.4 Å². The highest BCUT2D eigenvalue weighted by Crippen LogP contribution is 2.30. The first-order chi connectivity index (χ1) is 21.0. The van der Waals surface area contributed by atoms with Crippen LogP contribution in [-0.4, -0.2) is 96.1 Å². The van der Waals surface area contributed by atoms with Crippen molar-refractivity contribution < 1.29 is 24.6 Å². The number of carboxylic acids is 1. The number of carbonyl (C=O) groups is 3. The lowest BCUT2D eigenvalue weighted by Crippen LogP contribution is -2.51. The standard InChI is InChI=1S/C31H41N7O5S/c1-18(2)27(38-14-19(3)34-35-38)30(41)37-15-24(39)13-26(37)29(40)33-25(16-36-11-9-23(10-12-36)31(42)43)21-5-7-22(8-6-21)28-20(4)32-17-44-28/h5-8,14,17-18,23-27,39H,9-13,15-16H2,1-4H3,(H,33,40)(H,42,43)/t24-,25+,26+,27+/m1/s1. The number of nitrogens with one attached hydrogen (secondary N) is 1. The summed E-state index contributed by atoms with van der Waals surface area (Å²) in [6.07, 6.45) is 2.13. The Kier molecular flexibility index (Phi) is 9.76. The Labute approximate surface area is 261 Å². The molecular weight excluding hydrogens is 582 g/mol. The predicted molar refractivity (Wildman–Crippen MR) is 165 cm³/mol. The maximum Gasteiger partial charge on any atom is 0.306 e. The first-order valence-electron chi connectivity index (χ1n) is 15.1. The quantitative estimate of drug-likeness (QED) is 0.309. The second-order valence-electron chi connectivity index (χ2n) is 12.3. The molecule has 0 saturated carbocycles. The minimum absolute atomic E-state index is 0.0596. The van der Waals surface area contributed by atoms with Crippen LogP contribution >= 0.6 is 11.3 Å². The topological polar surface area (TPSA) is 154 Å². The van der Waals surface area contributed by atoms with E-state index in [1.165, 1.54) is 9.58 Å². The van der Waals surface area contributed by atoms with Gasteiger partial charge in [-0.2, -0.15) is 0 Å². The maximum absolute atomic E-state index is 14.0. The molecule has 2 amide bonds. The van der Waals surface area contributed by atoms with Gasteiger partial charge >= 0.3 is 5.97 Å². The molecule has 13 heteroatoms. The van der Waals surface area contributed by atoms with Gasteiger partial charge in [0.05, 0.1) is 39.8 Å². The first-order valence-corrected chi connectivity index (χ1v) is 16.0. The van der Waals surface area contributed by atoms with Crippen LogP contribution < -0.4 is 5.32 Å². The van der Waals surface area contributed by atoms with E-state index in [9.17, 15) is 24.6 Å². The average molecular weight is 624 g/mol. The normalized spacial score (nSPS) is 21.0. The van der Waals surface area contributed by atoms with Crippen molar-refractivity contribution in [2.24, 2.45) is 11.8 Å². The van der Waals surface area contributed by atoms with Gasteiger partial charge in [0.15, 0.2) is 0 Å². The van der Waals surface area contributed by atoms with Crippen LogP contribution in [0.15, 0.2) is 36.0 Å². The van der Waals surface area contributed by atoms with Gasteiger partial charge in [-0.1, -0.05) is 43.3 Å². The van der Waals surface area contributed by atoms with Gasteiger partial charge in [-0.25, -0.2) is 9.67 Å². The predicted octanol–water partition coefficient (Wildman–Crippen LogP) is 2.83. The molecule has 2 aromatic heterocycles. The van der Waals surface area contributed by atoms with Crippen LogP contribution in [0, 0.1) is 25.7 Å². The number of hydrogen-bond acceptors (Lipinski definition) is 9. The summed E-state index contributed by atoms with van der Waals surface area (Å²) < 4.78 is 1.54. The number of aliphatic carboxylic acids is 1. The number of rotatable bonds is 10. The van der Waals surface area contributed by atoms with Crippen LogP contribution in [0.3, 0.4) is 0 Å². The third-order valence-corrected chi connectivity index (χ3v) is 9.65. The van der Waals surface area contributed by atoms with E-state index in [-0.39, 0.29) is 36.6 Å². The summed E-state index contributed by atoms with van der Waals surface area (Å²) in [7, 11) is 0. The van der Waals surface area contributed by atoms with Crippen molar-refractivity contribution in [2.45, 2.75) is 71.2 Å². The van der Waals surface area contributed by atoms with Crippen molar-refractivity contribution in [2.75, 3.05) is 26.2 Å². The molecule has 0 aliphatic carbocycles. The van der Waals surface area contributed by atoms with Crippen LogP contribution in [-0.2, 0) is 14.4 Å². The second kappa shape index (κ2) is 13.5. The number of β-amino-alcohol motifs (C(OH)–C–C–N with tert-alkyl or cyclic N) is 1. The van der Waals surface area contributed by atoms with Crippen molar-refractivity contribution in [1.29, 1.82) is 0 Å². The van der Waals surface area contributed by atoms with Crippen molar-refractivity contribution in [3.63, 3.8) is 0 Å². The Morgan fingerprint density at radius 2 is 1.82 bits per heavy atom.